The second-order valence-corrected chi connectivity index (χ2v) is 7.51. The molecule has 0 spiro atoms. The largest absolute Gasteiger partial charge is 0.312 e. The van der Waals surface area contributed by atoms with Gasteiger partial charge in [-0.05, 0) is 53.4 Å². The lowest BCUT2D eigenvalue weighted by molar-refractivity contribution is 0.627. The third-order valence-corrected chi connectivity index (χ3v) is 5.39. The molecule has 1 N–H and O–H groups in total. The SMILES string of the molecule is O=c1c(CNCCc2ccccn2)cc2ccc(F)cc2n1Cc1ccccc1Cl. The number of nitrogens with zero attached hydrogens (tertiary/aromatic N) is 2. The number of nitrogens with one attached hydrogen (secondary N) is 1. The summed E-state index contributed by atoms with van der Waals surface area (Å²) >= 11 is 6.30. The van der Waals surface area contributed by atoms with Crippen molar-refractivity contribution in [3.05, 3.63) is 111 Å². The molecule has 30 heavy (non-hydrogen) atoms. The van der Waals surface area contributed by atoms with E-state index in [0.717, 1.165) is 23.1 Å². The van der Waals surface area contributed by atoms with Crippen molar-refractivity contribution in [3.63, 3.8) is 0 Å². The van der Waals surface area contributed by atoms with Crippen LogP contribution in [-0.4, -0.2) is 16.1 Å². The summed E-state index contributed by atoms with van der Waals surface area (Å²) in [5.74, 6) is -0.379. The molecule has 0 aliphatic rings. The standard InChI is InChI=1S/C24H21ClFN3O/c25-22-7-2-1-5-18(22)16-29-23-14-20(26)9-8-17(23)13-19(24(29)30)15-27-12-10-21-6-3-4-11-28-21/h1-9,11,13-14,27H,10,12,15-16H2. The van der Waals surface area contributed by atoms with Crippen LogP contribution in [0.25, 0.3) is 10.9 Å². The molecule has 6 heteroatoms. The fourth-order valence-corrected chi connectivity index (χ4v) is 3.67. The zero-order valence-electron chi connectivity index (χ0n) is 16.3. The lowest BCUT2D eigenvalue weighted by Crippen LogP contribution is -2.29. The summed E-state index contributed by atoms with van der Waals surface area (Å²) in [6.45, 7) is 1.39. The van der Waals surface area contributed by atoms with Gasteiger partial charge < -0.3 is 9.88 Å². The van der Waals surface area contributed by atoms with Gasteiger partial charge in [-0.3, -0.25) is 9.78 Å². The Kier molecular flexibility index (Phi) is 6.21. The summed E-state index contributed by atoms with van der Waals surface area (Å²) in [6.07, 6.45) is 2.54. The molecule has 0 atom stereocenters. The molecule has 0 amide bonds. The molecule has 4 nitrogen and oxygen atoms in total. The van der Waals surface area contributed by atoms with Crippen LogP contribution in [0.15, 0.2) is 77.7 Å². The van der Waals surface area contributed by atoms with E-state index in [9.17, 15) is 9.18 Å². The summed E-state index contributed by atoms with van der Waals surface area (Å²) in [5, 5.41) is 4.70. The van der Waals surface area contributed by atoms with Crippen LogP contribution in [0.5, 0.6) is 0 Å². The molecule has 0 bridgehead atoms. The monoisotopic (exact) mass is 421 g/mol. The second-order valence-electron chi connectivity index (χ2n) is 7.10. The van der Waals surface area contributed by atoms with Crippen LogP contribution in [0.4, 0.5) is 4.39 Å². The quantitative estimate of drug-likeness (QED) is 0.445. The van der Waals surface area contributed by atoms with Crippen LogP contribution in [0.3, 0.4) is 0 Å². The Balaban J connectivity index is 1.62. The Morgan fingerprint density at radius 3 is 2.63 bits per heavy atom. The first-order valence-corrected chi connectivity index (χ1v) is 10.2. The molecule has 0 radical (unpaired) electrons. The van der Waals surface area contributed by atoms with Gasteiger partial charge in [0.1, 0.15) is 5.82 Å². The van der Waals surface area contributed by atoms with Crippen LogP contribution in [0, 0.1) is 5.82 Å². The predicted octanol–water partition coefficient (Wildman–Crippen LogP) is 4.57. The van der Waals surface area contributed by atoms with Crippen LogP contribution < -0.4 is 10.9 Å². The topological polar surface area (TPSA) is 46.9 Å². The summed E-state index contributed by atoms with van der Waals surface area (Å²) < 4.78 is 15.5. The highest BCUT2D eigenvalue weighted by molar-refractivity contribution is 6.31. The summed E-state index contributed by atoms with van der Waals surface area (Å²) in [4.78, 5) is 17.5. The number of hydrogen-bond acceptors (Lipinski definition) is 3. The predicted molar refractivity (Wildman–Crippen MR) is 118 cm³/mol. The van der Waals surface area contributed by atoms with E-state index >= 15 is 0 Å². The molecular formula is C24H21ClFN3O. The van der Waals surface area contributed by atoms with Crippen LogP contribution in [-0.2, 0) is 19.5 Å². The molecule has 2 aromatic heterocycles. The summed E-state index contributed by atoms with van der Waals surface area (Å²) in [6, 6.07) is 19.5. The third kappa shape index (κ3) is 4.58. The lowest BCUT2D eigenvalue weighted by atomic mass is 10.1. The van der Waals surface area contributed by atoms with Crippen molar-refractivity contribution in [1.29, 1.82) is 0 Å². The number of hydrogen-bond donors (Lipinski definition) is 1. The van der Waals surface area contributed by atoms with Gasteiger partial charge >= 0.3 is 0 Å². The fraction of sp³-hybridized carbons (Fsp3) is 0.167. The van der Waals surface area contributed by atoms with Crippen molar-refractivity contribution in [3.8, 4) is 0 Å². The highest BCUT2D eigenvalue weighted by atomic mass is 35.5. The van der Waals surface area contributed by atoms with Gasteiger partial charge in [-0.15, -0.1) is 0 Å². The highest BCUT2D eigenvalue weighted by Crippen LogP contribution is 2.20. The maximum Gasteiger partial charge on any atom is 0.255 e. The Bertz CT molecular complexity index is 1220. The van der Waals surface area contributed by atoms with Crippen molar-refractivity contribution >= 4 is 22.5 Å². The van der Waals surface area contributed by atoms with Gasteiger partial charge in [0.05, 0.1) is 12.1 Å². The van der Waals surface area contributed by atoms with Gasteiger partial charge in [0, 0.05) is 42.0 Å². The molecule has 0 saturated carbocycles. The molecule has 2 heterocycles. The fourth-order valence-electron chi connectivity index (χ4n) is 3.47. The van der Waals surface area contributed by atoms with Crippen molar-refractivity contribution in [2.75, 3.05) is 6.54 Å². The molecular weight excluding hydrogens is 401 g/mol. The molecule has 4 rings (SSSR count). The van der Waals surface area contributed by atoms with Crippen molar-refractivity contribution in [2.45, 2.75) is 19.5 Å². The number of aromatic nitrogens is 2. The minimum absolute atomic E-state index is 0.154. The van der Waals surface area contributed by atoms with Crippen molar-refractivity contribution in [1.82, 2.24) is 14.9 Å². The van der Waals surface area contributed by atoms with Gasteiger partial charge in [-0.2, -0.15) is 0 Å². The minimum atomic E-state index is -0.379. The van der Waals surface area contributed by atoms with Crippen molar-refractivity contribution in [2.24, 2.45) is 0 Å². The maximum absolute atomic E-state index is 13.9. The first kappa shape index (κ1) is 20.3. The Labute approximate surface area is 179 Å². The van der Waals surface area contributed by atoms with E-state index in [-0.39, 0.29) is 17.9 Å². The number of benzene rings is 2. The van der Waals surface area contributed by atoms with Crippen molar-refractivity contribution < 1.29 is 4.39 Å². The average Bonchev–Trinajstić information content (AvgIpc) is 2.76. The Morgan fingerprint density at radius 2 is 1.83 bits per heavy atom. The number of halogens is 2. The van der Waals surface area contributed by atoms with E-state index in [1.54, 1.807) is 22.9 Å². The summed E-state index contributed by atoms with van der Waals surface area (Å²) in [7, 11) is 0. The van der Waals surface area contributed by atoms with Crippen LogP contribution in [0.1, 0.15) is 16.8 Å². The third-order valence-electron chi connectivity index (χ3n) is 5.02. The zero-order chi connectivity index (χ0) is 20.9. The first-order chi connectivity index (χ1) is 14.6. The second kappa shape index (κ2) is 9.20. The first-order valence-electron chi connectivity index (χ1n) is 9.78. The normalized spacial score (nSPS) is 11.1. The van der Waals surface area contributed by atoms with Crippen LogP contribution in [0.2, 0.25) is 5.02 Å². The number of fused-ring (bicyclic) bond motifs is 1. The van der Waals surface area contributed by atoms with Gasteiger partial charge in [-0.1, -0.05) is 35.9 Å². The molecule has 0 fully saturated rings. The molecule has 0 unspecified atom stereocenters. The smallest absolute Gasteiger partial charge is 0.255 e. The van der Waals surface area contributed by atoms with Gasteiger partial charge in [-0.25, -0.2) is 4.39 Å². The number of pyridine rings is 2. The van der Waals surface area contributed by atoms with E-state index in [2.05, 4.69) is 10.3 Å². The summed E-state index contributed by atoms with van der Waals surface area (Å²) in [5.41, 5.74) is 2.83. The molecule has 2 aromatic carbocycles. The Hall–Kier alpha value is -3.02. The van der Waals surface area contributed by atoms with E-state index in [4.69, 9.17) is 11.6 Å². The van der Waals surface area contributed by atoms with E-state index in [0.29, 0.717) is 29.2 Å². The minimum Gasteiger partial charge on any atom is -0.312 e. The van der Waals surface area contributed by atoms with Gasteiger partial charge in [0.2, 0.25) is 0 Å². The van der Waals surface area contributed by atoms with E-state index in [1.165, 1.54) is 12.1 Å². The highest BCUT2D eigenvalue weighted by Gasteiger charge is 2.12. The lowest BCUT2D eigenvalue weighted by Gasteiger charge is -2.14. The molecule has 0 aliphatic heterocycles. The maximum atomic E-state index is 13.9. The van der Waals surface area contributed by atoms with Gasteiger partial charge in [0.25, 0.3) is 5.56 Å². The zero-order valence-corrected chi connectivity index (χ0v) is 17.1. The molecule has 152 valence electrons. The van der Waals surface area contributed by atoms with E-state index < -0.39 is 0 Å². The van der Waals surface area contributed by atoms with Crippen LogP contribution >= 0.6 is 11.6 Å². The van der Waals surface area contributed by atoms with Gasteiger partial charge in [0.15, 0.2) is 0 Å². The average molecular weight is 422 g/mol. The molecule has 0 saturated heterocycles. The van der Waals surface area contributed by atoms with E-state index in [1.807, 2.05) is 42.5 Å². The molecule has 0 aliphatic carbocycles. The number of rotatable bonds is 7. The Morgan fingerprint density at radius 1 is 1.00 bits per heavy atom. The molecule has 4 aromatic rings.